The van der Waals surface area contributed by atoms with Gasteiger partial charge in [0.1, 0.15) is 0 Å². The molecule has 5 nitrogen and oxygen atoms in total. The second-order valence-corrected chi connectivity index (χ2v) is 8.67. The van der Waals surface area contributed by atoms with Crippen LogP contribution in [0.5, 0.6) is 0 Å². The van der Waals surface area contributed by atoms with E-state index >= 15 is 0 Å². The molecule has 1 saturated heterocycles. The van der Waals surface area contributed by atoms with Crippen molar-refractivity contribution in [3.8, 4) is 0 Å². The molecule has 3 N–H and O–H groups in total. The highest BCUT2D eigenvalue weighted by atomic mass is 32.2. The molecular weight excluding hydrogens is 300 g/mol. The van der Waals surface area contributed by atoms with Gasteiger partial charge in [0.05, 0.1) is 17.5 Å². The number of hydrogen-bond donors (Lipinski definition) is 2. The van der Waals surface area contributed by atoms with Crippen LogP contribution in [0.3, 0.4) is 0 Å². The quantitative estimate of drug-likeness (QED) is 0.827. The smallest absolute Gasteiger partial charge is 0.220 e. The summed E-state index contributed by atoms with van der Waals surface area (Å²) in [5.41, 5.74) is 8.92. The second kappa shape index (κ2) is 5.91. The molecule has 0 saturated carbocycles. The minimum atomic E-state index is -2.92. The van der Waals surface area contributed by atoms with E-state index < -0.39 is 9.84 Å². The van der Waals surface area contributed by atoms with Crippen LogP contribution >= 0.6 is 0 Å². The van der Waals surface area contributed by atoms with E-state index in [1.807, 2.05) is 18.2 Å². The Kier molecular flexibility index (Phi) is 4.12. The maximum atomic E-state index is 12.2. The molecule has 3 rings (SSSR count). The number of nitrogens with one attached hydrogen (secondary N) is 1. The predicted molar refractivity (Wildman–Crippen MR) is 86.1 cm³/mol. The molecule has 2 unspecified atom stereocenters. The van der Waals surface area contributed by atoms with Gasteiger partial charge in [0, 0.05) is 12.1 Å². The van der Waals surface area contributed by atoms with Crippen LogP contribution in [0.15, 0.2) is 18.2 Å². The maximum absolute atomic E-state index is 12.2. The van der Waals surface area contributed by atoms with E-state index in [1.165, 1.54) is 5.56 Å². The number of rotatable bonds is 3. The van der Waals surface area contributed by atoms with Crippen molar-refractivity contribution in [3.05, 3.63) is 29.3 Å². The Labute approximate surface area is 131 Å². The lowest BCUT2D eigenvalue weighted by atomic mass is 9.87. The zero-order chi connectivity index (χ0) is 15.7. The summed E-state index contributed by atoms with van der Waals surface area (Å²) in [4.78, 5) is 12.2. The first kappa shape index (κ1) is 15.3. The lowest BCUT2D eigenvalue weighted by Crippen LogP contribution is -2.32. The van der Waals surface area contributed by atoms with Crippen molar-refractivity contribution in [3.63, 3.8) is 0 Å². The molecule has 1 heterocycles. The Bertz CT molecular complexity index is 685. The van der Waals surface area contributed by atoms with E-state index in [-0.39, 0.29) is 29.4 Å². The van der Waals surface area contributed by atoms with Gasteiger partial charge in [-0.1, -0.05) is 6.07 Å². The maximum Gasteiger partial charge on any atom is 0.220 e. The third-order valence-electron chi connectivity index (χ3n) is 4.62. The fourth-order valence-corrected chi connectivity index (χ4v) is 5.39. The van der Waals surface area contributed by atoms with Gasteiger partial charge >= 0.3 is 0 Å². The molecule has 2 atom stereocenters. The summed E-state index contributed by atoms with van der Waals surface area (Å²) in [5, 5.41) is 3.07. The highest BCUT2D eigenvalue weighted by Crippen LogP contribution is 2.31. The molecule has 1 aliphatic heterocycles. The van der Waals surface area contributed by atoms with Gasteiger partial charge in [-0.25, -0.2) is 8.42 Å². The minimum absolute atomic E-state index is 0.0230. The van der Waals surface area contributed by atoms with Crippen molar-refractivity contribution in [1.82, 2.24) is 5.32 Å². The molecule has 0 aromatic heterocycles. The summed E-state index contributed by atoms with van der Waals surface area (Å²) in [7, 11) is -2.92. The van der Waals surface area contributed by atoms with Crippen molar-refractivity contribution in [2.45, 2.75) is 38.1 Å². The Morgan fingerprint density at radius 3 is 2.86 bits per heavy atom. The number of nitrogen functional groups attached to an aromatic ring is 1. The van der Waals surface area contributed by atoms with E-state index in [4.69, 9.17) is 5.73 Å². The van der Waals surface area contributed by atoms with Crippen molar-refractivity contribution in [2.75, 3.05) is 17.2 Å². The number of anilines is 1. The van der Waals surface area contributed by atoms with Crippen molar-refractivity contribution in [2.24, 2.45) is 5.92 Å². The van der Waals surface area contributed by atoms with Crippen LogP contribution in [0.25, 0.3) is 0 Å². The van der Waals surface area contributed by atoms with E-state index in [9.17, 15) is 13.2 Å². The van der Waals surface area contributed by atoms with Crippen molar-refractivity contribution >= 4 is 21.4 Å². The summed E-state index contributed by atoms with van der Waals surface area (Å²) in [6.07, 6.45) is 3.85. The minimum Gasteiger partial charge on any atom is -0.399 e. The van der Waals surface area contributed by atoms with Crippen molar-refractivity contribution in [1.29, 1.82) is 0 Å². The number of aryl methyl sites for hydroxylation is 1. The van der Waals surface area contributed by atoms with Gasteiger partial charge in [-0.15, -0.1) is 0 Å². The van der Waals surface area contributed by atoms with Gasteiger partial charge in [0.25, 0.3) is 0 Å². The molecule has 2 aliphatic rings. The number of benzene rings is 1. The average Bonchev–Trinajstić information content (AvgIpc) is 2.77. The van der Waals surface area contributed by atoms with Gasteiger partial charge in [-0.2, -0.15) is 0 Å². The first-order valence-electron chi connectivity index (χ1n) is 7.81. The zero-order valence-electron chi connectivity index (χ0n) is 12.5. The average molecular weight is 322 g/mol. The summed E-state index contributed by atoms with van der Waals surface area (Å²) < 4.78 is 22.9. The van der Waals surface area contributed by atoms with Crippen LogP contribution < -0.4 is 11.1 Å². The summed E-state index contributed by atoms with van der Waals surface area (Å²) >= 11 is 0. The SMILES string of the molecule is Nc1ccc2c(c1)CCCC2NC(=O)CC1CCS(=O)(=O)C1. The number of carbonyl (C=O) groups excluding carboxylic acids is 1. The molecule has 1 amide bonds. The van der Waals surface area contributed by atoms with Gasteiger partial charge in [-0.05, 0) is 54.9 Å². The fourth-order valence-electron chi connectivity index (χ4n) is 3.53. The number of carbonyl (C=O) groups is 1. The summed E-state index contributed by atoms with van der Waals surface area (Å²) in [6, 6.07) is 5.87. The van der Waals surface area contributed by atoms with E-state index in [0.29, 0.717) is 12.8 Å². The third-order valence-corrected chi connectivity index (χ3v) is 6.45. The summed E-state index contributed by atoms with van der Waals surface area (Å²) in [6.45, 7) is 0. The van der Waals surface area contributed by atoms with Crippen molar-refractivity contribution < 1.29 is 13.2 Å². The van der Waals surface area contributed by atoms with Crippen LogP contribution in [-0.4, -0.2) is 25.8 Å². The molecule has 1 aromatic rings. The van der Waals surface area contributed by atoms with Gasteiger partial charge < -0.3 is 11.1 Å². The van der Waals surface area contributed by atoms with E-state index in [2.05, 4.69) is 5.32 Å². The Morgan fingerprint density at radius 1 is 1.32 bits per heavy atom. The molecule has 0 spiro atoms. The van der Waals surface area contributed by atoms with Crippen LogP contribution in [0, 0.1) is 5.92 Å². The number of amides is 1. The lowest BCUT2D eigenvalue weighted by Gasteiger charge is -2.27. The highest BCUT2D eigenvalue weighted by molar-refractivity contribution is 7.91. The molecule has 1 fully saturated rings. The summed E-state index contributed by atoms with van der Waals surface area (Å²) in [5.74, 6) is 0.297. The predicted octanol–water partition coefficient (Wildman–Crippen LogP) is 1.59. The number of hydrogen-bond acceptors (Lipinski definition) is 4. The molecule has 6 heteroatoms. The fraction of sp³-hybridized carbons (Fsp3) is 0.562. The Balaban J connectivity index is 1.63. The third kappa shape index (κ3) is 3.43. The second-order valence-electron chi connectivity index (χ2n) is 6.44. The molecule has 1 aromatic carbocycles. The van der Waals surface area contributed by atoms with Crippen LogP contribution in [0.4, 0.5) is 5.69 Å². The molecule has 1 aliphatic carbocycles. The molecule has 0 bridgehead atoms. The Hall–Kier alpha value is -1.56. The number of fused-ring (bicyclic) bond motifs is 1. The zero-order valence-corrected chi connectivity index (χ0v) is 13.4. The number of sulfone groups is 1. The normalized spacial score (nSPS) is 26.4. The standard InChI is InChI=1S/C16H22N2O3S/c17-13-4-5-14-12(9-13)2-1-3-15(14)18-16(19)8-11-6-7-22(20,21)10-11/h4-5,9,11,15H,1-3,6-8,10,17H2,(H,18,19). The lowest BCUT2D eigenvalue weighted by molar-refractivity contribution is -0.122. The first-order valence-corrected chi connectivity index (χ1v) is 9.63. The topological polar surface area (TPSA) is 89.3 Å². The first-order chi connectivity index (χ1) is 10.4. The van der Waals surface area contributed by atoms with Crippen LogP contribution in [0.1, 0.15) is 42.9 Å². The molecule has 120 valence electrons. The highest BCUT2D eigenvalue weighted by Gasteiger charge is 2.30. The molecule has 0 radical (unpaired) electrons. The van der Waals surface area contributed by atoms with E-state index in [0.717, 1.165) is 30.5 Å². The van der Waals surface area contributed by atoms with Gasteiger partial charge in [0.2, 0.25) is 5.91 Å². The van der Waals surface area contributed by atoms with Crippen LogP contribution in [0.2, 0.25) is 0 Å². The van der Waals surface area contributed by atoms with Crippen LogP contribution in [-0.2, 0) is 21.1 Å². The van der Waals surface area contributed by atoms with E-state index in [1.54, 1.807) is 0 Å². The monoisotopic (exact) mass is 322 g/mol. The molecule has 22 heavy (non-hydrogen) atoms. The molecular formula is C16H22N2O3S. The number of nitrogens with two attached hydrogens (primary N) is 1. The van der Waals surface area contributed by atoms with Gasteiger partial charge in [-0.3, -0.25) is 4.79 Å². The Morgan fingerprint density at radius 2 is 2.14 bits per heavy atom. The largest absolute Gasteiger partial charge is 0.399 e. The van der Waals surface area contributed by atoms with Gasteiger partial charge in [0.15, 0.2) is 9.84 Å².